The standard InChI is InChI=1S/C20H20N2O2/c1-11-4-6-17-14(8-11)16(10-24-23)19-13(3)21-18-7-5-12(2)9-15(18)20(19)22-17/h4-9,13,21,23H,10H2,1-3H3. The van der Waals surface area contributed by atoms with Gasteiger partial charge >= 0.3 is 0 Å². The monoisotopic (exact) mass is 320 g/mol. The molecule has 3 aromatic rings. The highest BCUT2D eigenvalue weighted by molar-refractivity contribution is 5.92. The second-order valence-electron chi connectivity index (χ2n) is 6.56. The third-order valence-corrected chi connectivity index (χ3v) is 4.73. The molecule has 0 saturated heterocycles. The van der Waals surface area contributed by atoms with Gasteiger partial charge in [-0.1, -0.05) is 23.3 Å². The first kappa shape index (κ1) is 15.1. The Bertz CT molecular complexity index is 950. The minimum absolute atomic E-state index is 0.0952. The SMILES string of the molecule is Cc1ccc2c(c1)-c1nc3ccc(C)cc3c(COO)c1C(C)N2. The molecule has 0 aliphatic carbocycles. The predicted octanol–water partition coefficient (Wildman–Crippen LogP) is 4.99. The van der Waals surface area contributed by atoms with E-state index in [1.54, 1.807) is 0 Å². The molecule has 2 heterocycles. The Morgan fingerprint density at radius 1 is 1.12 bits per heavy atom. The lowest BCUT2D eigenvalue weighted by molar-refractivity contribution is -0.252. The van der Waals surface area contributed by atoms with Gasteiger partial charge in [0.1, 0.15) is 6.61 Å². The summed E-state index contributed by atoms with van der Waals surface area (Å²) in [7, 11) is 0. The summed E-state index contributed by atoms with van der Waals surface area (Å²) in [6.45, 7) is 6.41. The summed E-state index contributed by atoms with van der Waals surface area (Å²) in [5.74, 6) is 0. The van der Waals surface area contributed by atoms with Crippen LogP contribution in [0.5, 0.6) is 0 Å². The molecule has 4 rings (SSSR count). The van der Waals surface area contributed by atoms with E-state index in [9.17, 15) is 0 Å². The lowest BCUT2D eigenvalue weighted by Gasteiger charge is -2.29. The zero-order chi connectivity index (χ0) is 16.8. The lowest BCUT2D eigenvalue weighted by atomic mass is 9.88. The molecule has 4 nitrogen and oxygen atoms in total. The summed E-state index contributed by atoms with van der Waals surface area (Å²) >= 11 is 0. The number of fused-ring (bicyclic) bond motifs is 4. The average molecular weight is 320 g/mol. The number of rotatable bonds is 2. The van der Waals surface area contributed by atoms with Gasteiger partial charge in [-0.2, -0.15) is 0 Å². The minimum Gasteiger partial charge on any atom is -0.378 e. The van der Waals surface area contributed by atoms with Crippen molar-refractivity contribution >= 4 is 16.6 Å². The highest BCUT2D eigenvalue weighted by Gasteiger charge is 2.27. The molecule has 1 aliphatic rings. The van der Waals surface area contributed by atoms with Gasteiger partial charge in [0.05, 0.1) is 17.3 Å². The molecule has 0 radical (unpaired) electrons. The van der Waals surface area contributed by atoms with E-state index >= 15 is 0 Å². The Labute approximate surface area is 141 Å². The number of hydrogen-bond acceptors (Lipinski definition) is 4. The van der Waals surface area contributed by atoms with Gasteiger partial charge in [-0.05, 0) is 50.6 Å². The number of nitrogens with one attached hydrogen (secondary N) is 1. The van der Waals surface area contributed by atoms with Crippen molar-refractivity contribution in [1.29, 1.82) is 0 Å². The van der Waals surface area contributed by atoms with E-state index in [2.05, 4.69) is 61.3 Å². The normalized spacial score (nSPS) is 15.8. The van der Waals surface area contributed by atoms with Crippen molar-refractivity contribution in [2.75, 3.05) is 5.32 Å². The predicted molar refractivity (Wildman–Crippen MR) is 96.1 cm³/mol. The molecule has 2 aromatic carbocycles. The van der Waals surface area contributed by atoms with E-state index in [4.69, 9.17) is 10.2 Å². The van der Waals surface area contributed by atoms with E-state index in [0.717, 1.165) is 44.5 Å². The van der Waals surface area contributed by atoms with Crippen LogP contribution < -0.4 is 5.32 Å². The first-order valence-electron chi connectivity index (χ1n) is 8.15. The van der Waals surface area contributed by atoms with Gasteiger partial charge in [0.25, 0.3) is 0 Å². The molecule has 0 spiro atoms. The topological polar surface area (TPSA) is 54.4 Å². The fourth-order valence-corrected chi connectivity index (χ4v) is 3.63. The van der Waals surface area contributed by atoms with Crippen molar-refractivity contribution in [2.24, 2.45) is 0 Å². The highest BCUT2D eigenvalue weighted by Crippen LogP contribution is 2.43. The number of anilines is 1. The molecular weight excluding hydrogens is 300 g/mol. The zero-order valence-electron chi connectivity index (χ0n) is 14.1. The number of hydrogen-bond donors (Lipinski definition) is 2. The van der Waals surface area contributed by atoms with Crippen molar-refractivity contribution < 1.29 is 10.1 Å². The van der Waals surface area contributed by atoms with Gasteiger partial charge < -0.3 is 5.32 Å². The minimum atomic E-state index is 0.0952. The van der Waals surface area contributed by atoms with Crippen LogP contribution in [0.1, 0.15) is 35.2 Å². The number of benzene rings is 2. The number of nitrogens with zero attached hydrogens (tertiary/aromatic N) is 1. The van der Waals surface area contributed by atoms with Gasteiger partial charge in [0.2, 0.25) is 0 Å². The smallest absolute Gasteiger partial charge is 0.108 e. The molecule has 122 valence electrons. The Morgan fingerprint density at radius 2 is 1.88 bits per heavy atom. The third kappa shape index (κ3) is 2.27. The van der Waals surface area contributed by atoms with Crippen LogP contribution in [0.2, 0.25) is 0 Å². The number of aromatic nitrogens is 1. The molecule has 2 N–H and O–H groups in total. The maximum Gasteiger partial charge on any atom is 0.108 e. The molecule has 1 unspecified atom stereocenters. The van der Waals surface area contributed by atoms with Gasteiger partial charge in [-0.25, -0.2) is 9.87 Å². The summed E-state index contributed by atoms with van der Waals surface area (Å²) in [5, 5.41) is 13.7. The van der Waals surface area contributed by atoms with Crippen molar-refractivity contribution in [2.45, 2.75) is 33.4 Å². The van der Waals surface area contributed by atoms with Crippen LogP contribution in [0.25, 0.3) is 22.2 Å². The van der Waals surface area contributed by atoms with Crippen LogP contribution in [0.15, 0.2) is 36.4 Å². The van der Waals surface area contributed by atoms with Crippen LogP contribution in [0.4, 0.5) is 5.69 Å². The van der Waals surface area contributed by atoms with Crippen molar-refractivity contribution in [3.8, 4) is 11.3 Å². The maximum atomic E-state index is 9.13. The summed E-state index contributed by atoms with van der Waals surface area (Å²) in [6.07, 6.45) is 0. The number of pyridine rings is 1. The second kappa shape index (κ2) is 5.58. The maximum absolute atomic E-state index is 9.13. The molecule has 0 amide bonds. The van der Waals surface area contributed by atoms with E-state index in [1.165, 1.54) is 5.56 Å². The number of aryl methyl sites for hydroxylation is 2. The molecule has 4 heteroatoms. The average Bonchev–Trinajstić information content (AvgIpc) is 2.56. The van der Waals surface area contributed by atoms with Crippen LogP contribution >= 0.6 is 0 Å². The first-order chi connectivity index (χ1) is 11.6. The third-order valence-electron chi connectivity index (χ3n) is 4.73. The van der Waals surface area contributed by atoms with Crippen LogP contribution in [-0.2, 0) is 11.5 Å². The molecular formula is C20H20N2O2. The van der Waals surface area contributed by atoms with Crippen molar-refractivity contribution in [3.63, 3.8) is 0 Å². The molecule has 1 atom stereocenters. The molecule has 0 bridgehead atoms. The molecule has 0 fully saturated rings. The Hall–Kier alpha value is -2.43. The summed E-state index contributed by atoms with van der Waals surface area (Å²) < 4.78 is 0. The first-order valence-corrected chi connectivity index (χ1v) is 8.15. The summed E-state index contributed by atoms with van der Waals surface area (Å²) in [4.78, 5) is 9.50. The Kier molecular flexibility index (Phi) is 3.52. The van der Waals surface area contributed by atoms with Crippen molar-refractivity contribution in [1.82, 2.24) is 4.98 Å². The van der Waals surface area contributed by atoms with Gasteiger partial charge in [0.15, 0.2) is 0 Å². The van der Waals surface area contributed by atoms with Gasteiger partial charge in [-0.15, -0.1) is 0 Å². The molecule has 24 heavy (non-hydrogen) atoms. The molecule has 1 aromatic heterocycles. The zero-order valence-corrected chi connectivity index (χ0v) is 14.1. The van der Waals surface area contributed by atoms with E-state index in [-0.39, 0.29) is 12.6 Å². The van der Waals surface area contributed by atoms with Gasteiger partial charge in [-0.3, -0.25) is 5.26 Å². The summed E-state index contributed by atoms with van der Waals surface area (Å²) in [6, 6.07) is 12.7. The van der Waals surface area contributed by atoms with Crippen LogP contribution in [0.3, 0.4) is 0 Å². The van der Waals surface area contributed by atoms with E-state index in [0.29, 0.717) is 0 Å². The van der Waals surface area contributed by atoms with Gasteiger partial charge in [0, 0.05) is 22.2 Å². The quantitative estimate of drug-likeness (QED) is 0.515. The molecule has 1 aliphatic heterocycles. The molecule has 0 saturated carbocycles. The van der Waals surface area contributed by atoms with E-state index in [1.807, 2.05) is 6.07 Å². The highest BCUT2D eigenvalue weighted by atomic mass is 17.1. The largest absolute Gasteiger partial charge is 0.378 e. The Balaban J connectivity index is 2.11. The second-order valence-corrected chi connectivity index (χ2v) is 6.56. The fourth-order valence-electron chi connectivity index (χ4n) is 3.63. The summed E-state index contributed by atoms with van der Waals surface area (Å²) in [5.41, 5.74) is 8.54. The van der Waals surface area contributed by atoms with Crippen molar-refractivity contribution in [3.05, 3.63) is 58.7 Å². The Morgan fingerprint density at radius 3 is 2.67 bits per heavy atom. The lowest BCUT2D eigenvalue weighted by Crippen LogP contribution is -2.18. The van der Waals surface area contributed by atoms with Crippen LogP contribution in [-0.4, -0.2) is 10.2 Å². The fraction of sp³-hybridized carbons (Fsp3) is 0.250. The van der Waals surface area contributed by atoms with Crippen LogP contribution in [0, 0.1) is 13.8 Å². The van der Waals surface area contributed by atoms with E-state index < -0.39 is 0 Å².